The van der Waals surface area contributed by atoms with Crippen molar-refractivity contribution in [3.63, 3.8) is 0 Å². The first-order valence-electron chi connectivity index (χ1n) is 3.49. The first kappa shape index (κ1) is 9.88. The quantitative estimate of drug-likeness (QED) is 0.732. The number of rotatable bonds is 3. The van der Waals surface area contributed by atoms with Gasteiger partial charge in [-0.2, -0.15) is 0 Å². The van der Waals surface area contributed by atoms with E-state index in [0.29, 0.717) is 5.82 Å². The number of carbonyl (C=O) groups excluding carboxylic acids is 1. The molecular weight excluding hydrogens is 194 g/mol. The summed E-state index contributed by atoms with van der Waals surface area (Å²) in [5.41, 5.74) is 0. The summed E-state index contributed by atoms with van der Waals surface area (Å²) in [5.74, 6) is 0.0827. The van der Waals surface area contributed by atoms with Crippen LogP contribution in [0.5, 0.6) is 0 Å². The van der Waals surface area contributed by atoms with E-state index >= 15 is 0 Å². The number of carbonyl (C=O) groups is 1. The molecule has 1 N–H and O–H groups in total. The molecule has 6 heteroatoms. The average Bonchev–Trinajstić information content (AvgIpc) is 2.04. The topological polar surface area (TPSA) is 64.1 Å². The van der Waals surface area contributed by atoms with Crippen molar-refractivity contribution < 1.29 is 9.53 Å². The molecule has 0 fully saturated rings. The van der Waals surface area contributed by atoms with Gasteiger partial charge in [0.2, 0.25) is 5.28 Å². The van der Waals surface area contributed by atoms with Gasteiger partial charge in [-0.05, 0) is 17.7 Å². The van der Waals surface area contributed by atoms with Crippen molar-refractivity contribution in [2.24, 2.45) is 0 Å². The lowest BCUT2D eigenvalue weighted by Crippen LogP contribution is -2.17. The average molecular weight is 202 g/mol. The molecule has 13 heavy (non-hydrogen) atoms. The molecule has 1 heterocycles. The highest BCUT2D eigenvalue weighted by Crippen LogP contribution is 2.05. The summed E-state index contributed by atoms with van der Waals surface area (Å²) >= 11 is 5.50. The maximum absolute atomic E-state index is 11.0. The number of nitrogens with one attached hydrogen (secondary N) is 1. The molecule has 1 amide bonds. The Morgan fingerprint density at radius 2 is 2.54 bits per heavy atom. The number of halogens is 1. The van der Waals surface area contributed by atoms with E-state index in [0.717, 1.165) is 0 Å². The molecule has 0 bridgehead atoms. The minimum absolute atomic E-state index is 0.0123. The van der Waals surface area contributed by atoms with Crippen LogP contribution < -0.4 is 5.32 Å². The molecule has 0 atom stereocenters. The third-order valence-corrected chi connectivity index (χ3v) is 1.35. The summed E-state index contributed by atoms with van der Waals surface area (Å²) in [5, 5.41) is 2.58. The molecule has 1 rings (SSSR count). The molecule has 0 aliphatic rings. The fourth-order valence-electron chi connectivity index (χ4n) is 0.715. The van der Waals surface area contributed by atoms with Crippen LogP contribution in [0.25, 0.3) is 0 Å². The van der Waals surface area contributed by atoms with Crippen LogP contribution in [-0.2, 0) is 9.53 Å². The molecule has 0 saturated carbocycles. The molecule has 0 spiro atoms. The van der Waals surface area contributed by atoms with Gasteiger partial charge in [-0.25, -0.2) is 9.97 Å². The summed E-state index contributed by atoms with van der Waals surface area (Å²) in [6, 6.07) is 1.54. The van der Waals surface area contributed by atoms with Crippen LogP contribution in [0, 0.1) is 0 Å². The summed E-state index contributed by atoms with van der Waals surface area (Å²) in [4.78, 5) is 18.4. The van der Waals surface area contributed by atoms with Crippen LogP contribution in [0.1, 0.15) is 0 Å². The van der Waals surface area contributed by atoms with Gasteiger partial charge in [0, 0.05) is 13.3 Å². The Balaban J connectivity index is 2.58. The first-order chi connectivity index (χ1) is 6.22. The first-order valence-corrected chi connectivity index (χ1v) is 3.87. The van der Waals surface area contributed by atoms with Gasteiger partial charge in [0.15, 0.2) is 0 Å². The van der Waals surface area contributed by atoms with Crippen molar-refractivity contribution >= 4 is 23.3 Å². The normalized spacial score (nSPS) is 9.69. The molecule has 0 aliphatic carbocycles. The van der Waals surface area contributed by atoms with Gasteiger partial charge in [0.25, 0.3) is 5.91 Å². The zero-order valence-corrected chi connectivity index (χ0v) is 7.71. The summed E-state index contributed by atoms with van der Waals surface area (Å²) in [6.07, 6.45) is 1.46. The minimum atomic E-state index is -0.280. The van der Waals surface area contributed by atoms with Gasteiger partial charge in [-0.3, -0.25) is 4.79 Å². The van der Waals surface area contributed by atoms with Crippen molar-refractivity contribution in [1.82, 2.24) is 9.97 Å². The zero-order valence-electron chi connectivity index (χ0n) is 6.95. The SMILES string of the molecule is COCC(=O)Nc1ccnc(Cl)n1. The molecule has 70 valence electrons. The highest BCUT2D eigenvalue weighted by Gasteiger charge is 2.02. The molecular formula is C7H8ClN3O2. The molecule has 0 aromatic carbocycles. The fraction of sp³-hybridized carbons (Fsp3) is 0.286. The van der Waals surface area contributed by atoms with Gasteiger partial charge < -0.3 is 10.1 Å². The van der Waals surface area contributed by atoms with Gasteiger partial charge in [-0.15, -0.1) is 0 Å². The second-order valence-corrected chi connectivity index (χ2v) is 2.53. The van der Waals surface area contributed by atoms with Crippen molar-refractivity contribution in [3.8, 4) is 0 Å². The third-order valence-electron chi connectivity index (χ3n) is 1.17. The van der Waals surface area contributed by atoms with E-state index in [4.69, 9.17) is 11.6 Å². The molecule has 0 unspecified atom stereocenters. The Morgan fingerprint density at radius 3 is 3.15 bits per heavy atom. The Hall–Kier alpha value is -1.20. The van der Waals surface area contributed by atoms with E-state index < -0.39 is 0 Å². The largest absolute Gasteiger partial charge is 0.375 e. The van der Waals surface area contributed by atoms with Gasteiger partial charge in [-0.1, -0.05) is 0 Å². The minimum Gasteiger partial charge on any atom is -0.375 e. The zero-order chi connectivity index (χ0) is 9.68. The van der Waals surface area contributed by atoms with Gasteiger partial charge in [0.05, 0.1) is 0 Å². The lowest BCUT2D eigenvalue weighted by Gasteiger charge is -2.02. The highest BCUT2D eigenvalue weighted by molar-refractivity contribution is 6.28. The summed E-state index contributed by atoms with van der Waals surface area (Å²) in [7, 11) is 1.44. The van der Waals surface area contributed by atoms with Gasteiger partial charge in [0.1, 0.15) is 12.4 Å². The molecule has 1 aromatic rings. The van der Waals surface area contributed by atoms with Crippen LogP contribution in [0.15, 0.2) is 12.3 Å². The van der Waals surface area contributed by atoms with E-state index in [2.05, 4.69) is 20.0 Å². The number of hydrogen-bond donors (Lipinski definition) is 1. The number of nitrogens with zero attached hydrogens (tertiary/aromatic N) is 2. The smallest absolute Gasteiger partial charge is 0.251 e. The number of amides is 1. The van der Waals surface area contributed by atoms with Crippen molar-refractivity contribution in [1.29, 1.82) is 0 Å². The molecule has 0 aliphatic heterocycles. The summed E-state index contributed by atoms with van der Waals surface area (Å²) < 4.78 is 4.62. The Bertz CT molecular complexity index is 306. The lowest BCUT2D eigenvalue weighted by atomic mass is 10.5. The third kappa shape index (κ3) is 3.35. The number of aromatic nitrogens is 2. The van der Waals surface area contributed by atoms with Crippen LogP contribution in [0.4, 0.5) is 5.82 Å². The van der Waals surface area contributed by atoms with E-state index in [1.165, 1.54) is 13.3 Å². The number of anilines is 1. The van der Waals surface area contributed by atoms with Crippen LogP contribution in [0.3, 0.4) is 0 Å². The Kier molecular flexibility index (Phi) is 3.60. The number of methoxy groups -OCH3 is 1. The maximum Gasteiger partial charge on any atom is 0.251 e. The number of hydrogen-bond acceptors (Lipinski definition) is 4. The lowest BCUT2D eigenvalue weighted by molar-refractivity contribution is -0.119. The monoisotopic (exact) mass is 201 g/mol. The molecule has 1 aromatic heterocycles. The molecule has 0 saturated heterocycles. The van der Waals surface area contributed by atoms with Crippen LogP contribution in [0.2, 0.25) is 5.28 Å². The Morgan fingerprint density at radius 1 is 1.77 bits per heavy atom. The van der Waals surface area contributed by atoms with Crippen molar-refractivity contribution in [2.75, 3.05) is 19.0 Å². The standard InChI is InChI=1S/C7H8ClN3O2/c1-13-4-6(12)10-5-2-3-9-7(8)11-5/h2-3H,4H2,1H3,(H,9,10,11,12). The second kappa shape index (κ2) is 4.74. The van der Waals surface area contributed by atoms with Crippen LogP contribution in [-0.4, -0.2) is 29.6 Å². The molecule has 5 nitrogen and oxygen atoms in total. The second-order valence-electron chi connectivity index (χ2n) is 2.19. The summed E-state index contributed by atoms with van der Waals surface area (Å²) in [6.45, 7) is -0.0123. The van der Waals surface area contributed by atoms with Crippen molar-refractivity contribution in [2.45, 2.75) is 0 Å². The number of ether oxygens (including phenoxy) is 1. The van der Waals surface area contributed by atoms with E-state index in [9.17, 15) is 4.79 Å². The van der Waals surface area contributed by atoms with E-state index in [-0.39, 0.29) is 17.8 Å². The maximum atomic E-state index is 11.0. The predicted molar refractivity (Wildman–Crippen MR) is 47.5 cm³/mol. The van der Waals surface area contributed by atoms with Gasteiger partial charge >= 0.3 is 0 Å². The van der Waals surface area contributed by atoms with E-state index in [1.54, 1.807) is 6.07 Å². The van der Waals surface area contributed by atoms with E-state index in [1.807, 2.05) is 0 Å². The van der Waals surface area contributed by atoms with Crippen LogP contribution >= 0.6 is 11.6 Å². The highest BCUT2D eigenvalue weighted by atomic mass is 35.5. The molecule has 0 radical (unpaired) electrons. The fourth-order valence-corrected chi connectivity index (χ4v) is 0.862. The van der Waals surface area contributed by atoms with Crippen molar-refractivity contribution in [3.05, 3.63) is 17.5 Å². The predicted octanol–water partition coefficient (Wildman–Crippen LogP) is 0.715. The Labute approximate surface area is 80.1 Å².